The maximum atomic E-state index is 11.5. The van der Waals surface area contributed by atoms with E-state index in [1.54, 1.807) is 12.3 Å². The van der Waals surface area contributed by atoms with Crippen LogP contribution in [0.5, 0.6) is 0 Å². The second-order valence-corrected chi connectivity index (χ2v) is 3.38. The molecule has 5 heteroatoms. The van der Waals surface area contributed by atoms with Gasteiger partial charge >= 0.3 is 0 Å². The van der Waals surface area contributed by atoms with E-state index in [1.807, 2.05) is 6.92 Å². The normalized spacial score (nSPS) is 10.5. The molecule has 0 atom stereocenters. The van der Waals surface area contributed by atoms with Gasteiger partial charge in [0.1, 0.15) is 11.6 Å². The molecule has 0 aliphatic heterocycles. The van der Waals surface area contributed by atoms with Gasteiger partial charge in [0.05, 0.1) is 23.3 Å². The highest BCUT2D eigenvalue weighted by Crippen LogP contribution is 2.19. The summed E-state index contributed by atoms with van der Waals surface area (Å²) in [6.07, 6.45) is 3.04. The fourth-order valence-electron chi connectivity index (χ4n) is 1.28. The van der Waals surface area contributed by atoms with Crippen LogP contribution in [0.25, 0.3) is 11.4 Å². The van der Waals surface area contributed by atoms with Gasteiger partial charge in [-0.1, -0.05) is 0 Å². The van der Waals surface area contributed by atoms with E-state index >= 15 is 0 Å². The van der Waals surface area contributed by atoms with Crippen molar-refractivity contribution in [1.82, 2.24) is 9.97 Å². The highest BCUT2D eigenvalue weighted by Gasteiger charge is 2.08. The monoisotopic (exact) mass is 224 g/mol. The molecule has 0 aliphatic rings. The lowest BCUT2D eigenvalue weighted by molar-refractivity contribution is 0.535. The lowest BCUT2D eigenvalue weighted by Gasteiger charge is -1.99. The Hall–Kier alpha value is -1.55. The minimum absolute atomic E-state index is 0.160. The number of H-pyrrole nitrogens is 1. The number of aryl methyl sites for hydroxylation is 1. The number of hydrogen-bond donors (Lipinski definition) is 1. The van der Waals surface area contributed by atoms with E-state index in [-0.39, 0.29) is 11.4 Å². The van der Waals surface area contributed by atoms with Crippen LogP contribution in [0, 0.1) is 6.92 Å². The molecule has 4 nitrogen and oxygen atoms in total. The first-order valence-corrected chi connectivity index (χ1v) is 4.94. The van der Waals surface area contributed by atoms with Gasteiger partial charge < -0.3 is 9.40 Å². The number of furan rings is 1. The van der Waals surface area contributed by atoms with Crippen molar-refractivity contribution in [3.8, 4) is 11.4 Å². The molecule has 2 aromatic heterocycles. The lowest BCUT2D eigenvalue weighted by Crippen LogP contribution is -2.13. The van der Waals surface area contributed by atoms with Crippen LogP contribution in [0.1, 0.15) is 11.3 Å². The number of nitrogens with one attached hydrogen (secondary N) is 1. The van der Waals surface area contributed by atoms with Crippen LogP contribution in [-0.4, -0.2) is 9.97 Å². The third-order valence-corrected chi connectivity index (χ3v) is 2.42. The fourth-order valence-corrected chi connectivity index (χ4v) is 1.47. The van der Waals surface area contributed by atoms with Gasteiger partial charge in [0.2, 0.25) is 0 Å². The summed E-state index contributed by atoms with van der Waals surface area (Å²) in [5, 5.41) is 0. The summed E-state index contributed by atoms with van der Waals surface area (Å²) in [5.74, 6) is 1.38. The zero-order valence-corrected chi connectivity index (χ0v) is 8.84. The van der Waals surface area contributed by atoms with Gasteiger partial charge in [-0.25, -0.2) is 4.98 Å². The van der Waals surface area contributed by atoms with E-state index in [4.69, 9.17) is 16.0 Å². The average Bonchev–Trinajstić information content (AvgIpc) is 2.64. The van der Waals surface area contributed by atoms with Gasteiger partial charge in [-0.3, -0.25) is 4.79 Å². The number of halogens is 1. The van der Waals surface area contributed by atoms with Gasteiger partial charge in [-0.15, -0.1) is 11.6 Å². The minimum Gasteiger partial charge on any atom is -0.469 e. The van der Waals surface area contributed by atoms with Crippen molar-refractivity contribution in [3.63, 3.8) is 0 Å². The molecule has 0 aliphatic carbocycles. The van der Waals surface area contributed by atoms with Crippen LogP contribution in [0.4, 0.5) is 0 Å². The molecule has 0 radical (unpaired) electrons. The summed E-state index contributed by atoms with van der Waals surface area (Å²) in [5.41, 5.74) is 1.03. The average molecular weight is 225 g/mol. The molecule has 0 fully saturated rings. The lowest BCUT2D eigenvalue weighted by atomic mass is 10.2. The molecule has 0 aromatic carbocycles. The molecule has 0 unspecified atom stereocenters. The zero-order chi connectivity index (χ0) is 10.8. The first-order valence-electron chi connectivity index (χ1n) is 4.41. The molecule has 1 N–H and O–H groups in total. The zero-order valence-electron chi connectivity index (χ0n) is 8.08. The van der Waals surface area contributed by atoms with Crippen molar-refractivity contribution < 1.29 is 4.42 Å². The molecule has 2 aromatic rings. The highest BCUT2D eigenvalue weighted by atomic mass is 35.5. The summed E-state index contributed by atoms with van der Waals surface area (Å²) < 4.78 is 5.13. The summed E-state index contributed by atoms with van der Waals surface area (Å²) in [6.45, 7) is 1.81. The van der Waals surface area contributed by atoms with Crippen LogP contribution >= 0.6 is 11.6 Å². The second kappa shape index (κ2) is 3.90. The Bertz CT molecular complexity index is 530. The van der Waals surface area contributed by atoms with Crippen LogP contribution in [0.15, 0.2) is 27.7 Å². The molecular formula is C10H9ClN2O2. The molecule has 0 saturated carbocycles. The van der Waals surface area contributed by atoms with Crippen LogP contribution in [-0.2, 0) is 5.88 Å². The first-order chi connectivity index (χ1) is 7.22. The molecule has 2 heterocycles. The second-order valence-electron chi connectivity index (χ2n) is 3.11. The van der Waals surface area contributed by atoms with Gasteiger partial charge in [0.25, 0.3) is 5.56 Å². The summed E-state index contributed by atoms with van der Waals surface area (Å²) >= 11 is 5.56. The van der Waals surface area contributed by atoms with E-state index < -0.39 is 0 Å². The van der Waals surface area contributed by atoms with Crippen molar-refractivity contribution in [2.24, 2.45) is 0 Å². The Morgan fingerprint density at radius 1 is 1.60 bits per heavy atom. The van der Waals surface area contributed by atoms with E-state index in [9.17, 15) is 4.79 Å². The minimum atomic E-state index is -0.212. The summed E-state index contributed by atoms with van der Waals surface area (Å²) in [6, 6.07) is 1.76. The summed E-state index contributed by atoms with van der Waals surface area (Å²) in [7, 11) is 0. The van der Waals surface area contributed by atoms with Crippen LogP contribution in [0.3, 0.4) is 0 Å². The Morgan fingerprint density at radius 2 is 2.40 bits per heavy atom. The number of alkyl halides is 1. The van der Waals surface area contributed by atoms with Crippen molar-refractivity contribution in [1.29, 1.82) is 0 Å². The molecule has 78 valence electrons. The van der Waals surface area contributed by atoms with Gasteiger partial charge in [-0.2, -0.15) is 0 Å². The maximum absolute atomic E-state index is 11.5. The third kappa shape index (κ3) is 1.80. The number of rotatable bonds is 2. The molecular weight excluding hydrogens is 216 g/mol. The molecule has 0 spiro atoms. The molecule has 0 saturated heterocycles. The maximum Gasteiger partial charge on any atom is 0.255 e. The Balaban J connectivity index is 2.52. The standard InChI is InChI=1S/C10H9ClN2O2/c1-6-8(2-3-15-6)9-12-5-7(4-11)10(14)13-9/h2-3,5H,4H2,1H3,(H,12,13,14). The molecule has 0 bridgehead atoms. The number of aromatic nitrogens is 2. The molecule has 0 amide bonds. The first kappa shape index (κ1) is 9.98. The van der Waals surface area contributed by atoms with Crippen LogP contribution < -0.4 is 5.56 Å². The fraction of sp³-hybridized carbons (Fsp3) is 0.200. The highest BCUT2D eigenvalue weighted by molar-refractivity contribution is 6.17. The molecule has 2 rings (SSSR count). The SMILES string of the molecule is Cc1occc1-c1ncc(CCl)c(=O)[nH]1. The predicted molar refractivity (Wildman–Crippen MR) is 56.9 cm³/mol. The van der Waals surface area contributed by atoms with E-state index in [1.165, 1.54) is 6.20 Å². The number of aromatic amines is 1. The van der Waals surface area contributed by atoms with Gasteiger partial charge in [0, 0.05) is 6.20 Å². The van der Waals surface area contributed by atoms with Crippen molar-refractivity contribution >= 4 is 11.6 Å². The van der Waals surface area contributed by atoms with Gasteiger partial charge in [0.15, 0.2) is 0 Å². The van der Waals surface area contributed by atoms with E-state index in [0.29, 0.717) is 11.4 Å². The quantitative estimate of drug-likeness (QED) is 0.795. The third-order valence-electron chi connectivity index (χ3n) is 2.13. The Labute approximate surface area is 90.9 Å². The smallest absolute Gasteiger partial charge is 0.255 e. The van der Waals surface area contributed by atoms with Crippen molar-refractivity contribution in [2.45, 2.75) is 12.8 Å². The van der Waals surface area contributed by atoms with Crippen molar-refractivity contribution in [2.75, 3.05) is 0 Å². The van der Waals surface area contributed by atoms with Crippen LogP contribution in [0.2, 0.25) is 0 Å². The summed E-state index contributed by atoms with van der Waals surface area (Å²) in [4.78, 5) is 18.2. The van der Waals surface area contributed by atoms with Gasteiger partial charge in [-0.05, 0) is 13.0 Å². The van der Waals surface area contributed by atoms with E-state index in [0.717, 1.165) is 11.3 Å². The molecule has 15 heavy (non-hydrogen) atoms. The van der Waals surface area contributed by atoms with E-state index in [2.05, 4.69) is 9.97 Å². The number of nitrogens with zero attached hydrogens (tertiary/aromatic N) is 1. The largest absolute Gasteiger partial charge is 0.469 e. The Morgan fingerprint density at radius 3 is 2.93 bits per heavy atom. The topological polar surface area (TPSA) is 58.9 Å². The number of hydrogen-bond acceptors (Lipinski definition) is 3. The Kier molecular flexibility index (Phi) is 2.60. The predicted octanol–water partition coefficient (Wildman–Crippen LogP) is 2.08. The van der Waals surface area contributed by atoms with Crippen molar-refractivity contribution in [3.05, 3.63) is 40.2 Å².